The average Bonchev–Trinajstić information content (AvgIpc) is 1.97. The third-order valence-corrected chi connectivity index (χ3v) is 2.11. The molecule has 0 spiro atoms. The van der Waals surface area contributed by atoms with Crippen LogP contribution in [-0.4, -0.2) is 7.85 Å². The van der Waals surface area contributed by atoms with E-state index in [1.807, 2.05) is 0 Å². The first-order valence-corrected chi connectivity index (χ1v) is 4.39. The fourth-order valence-electron chi connectivity index (χ4n) is 1.63. The van der Waals surface area contributed by atoms with Crippen molar-refractivity contribution >= 4 is 13.3 Å². The van der Waals surface area contributed by atoms with Crippen molar-refractivity contribution in [1.29, 1.82) is 0 Å². The van der Waals surface area contributed by atoms with Crippen LogP contribution in [0.25, 0.3) is 0 Å². The number of benzene rings is 1. The molecule has 1 rings (SSSR count). The predicted octanol–water partition coefficient (Wildman–Crippen LogP) is 1.66. The average molecular weight is 200 g/mol. The van der Waals surface area contributed by atoms with Gasteiger partial charge in [0.05, 0.1) is 0 Å². The van der Waals surface area contributed by atoms with Crippen molar-refractivity contribution < 1.29 is 13.2 Å². The van der Waals surface area contributed by atoms with Gasteiger partial charge in [-0.25, -0.2) is 13.2 Å². The first-order valence-electron chi connectivity index (χ1n) is 4.39. The van der Waals surface area contributed by atoms with Gasteiger partial charge in [0.15, 0.2) is 17.5 Å². The normalized spacial score (nSPS) is 11.9. The van der Waals surface area contributed by atoms with Crippen LogP contribution in [0.2, 0.25) is 0 Å². The molecule has 0 aliphatic heterocycles. The van der Waals surface area contributed by atoms with Crippen molar-refractivity contribution in [1.82, 2.24) is 0 Å². The summed E-state index contributed by atoms with van der Waals surface area (Å²) in [4.78, 5) is 0. The Hall–Kier alpha value is -0.925. The van der Waals surface area contributed by atoms with Crippen molar-refractivity contribution in [2.24, 2.45) is 0 Å². The molecule has 0 unspecified atom stereocenters. The summed E-state index contributed by atoms with van der Waals surface area (Å²) in [7, 11) is 1.58. The molecule has 0 amide bonds. The molecule has 0 aromatic heterocycles. The summed E-state index contributed by atoms with van der Waals surface area (Å²) in [6.07, 6.45) is 0. The van der Waals surface area contributed by atoms with Gasteiger partial charge in [0.2, 0.25) is 0 Å². The third kappa shape index (κ3) is 1.79. The number of hydrogen-bond acceptors (Lipinski definition) is 0. The van der Waals surface area contributed by atoms with Crippen LogP contribution < -0.4 is 5.46 Å². The van der Waals surface area contributed by atoms with E-state index in [2.05, 4.69) is 0 Å². The highest BCUT2D eigenvalue weighted by atomic mass is 19.2. The Morgan fingerprint density at radius 3 is 2.00 bits per heavy atom. The van der Waals surface area contributed by atoms with Crippen LogP contribution in [0.3, 0.4) is 0 Å². The SMILES string of the molecule is Bc1cc(F)c(F)c(F)c1C(C)(C)C. The van der Waals surface area contributed by atoms with Gasteiger partial charge in [0.25, 0.3) is 0 Å². The molecular weight excluding hydrogens is 188 g/mol. The minimum absolute atomic E-state index is 0.233. The molecule has 0 saturated carbocycles. The molecule has 0 aliphatic rings. The number of hydrogen-bond donors (Lipinski definition) is 0. The van der Waals surface area contributed by atoms with Crippen LogP contribution in [0, 0.1) is 17.5 Å². The van der Waals surface area contributed by atoms with Gasteiger partial charge in [0, 0.05) is 0 Å². The molecule has 0 fully saturated rings. The van der Waals surface area contributed by atoms with Gasteiger partial charge in [0.1, 0.15) is 7.85 Å². The fourth-order valence-corrected chi connectivity index (χ4v) is 1.63. The second kappa shape index (κ2) is 3.33. The molecule has 0 N–H and O–H groups in total. The van der Waals surface area contributed by atoms with E-state index in [9.17, 15) is 13.2 Å². The maximum Gasteiger partial charge on any atom is 0.194 e. The molecule has 0 saturated heterocycles. The lowest BCUT2D eigenvalue weighted by Crippen LogP contribution is -2.27. The monoisotopic (exact) mass is 200 g/mol. The van der Waals surface area contributed by atoms with E-state index in [1.54, 1.807) is 28.6 Å². The zero-order chi connectivity index (χ0) is 11.1. The van der Waals surface area contributed by atoms with E-state index >= 15 is 0 Å². The van der Waals surface area contributed by atoms with Gasteiger partial charge < -0.3 is 0 Å². The Balaban J connectivity index is 3.53. The van der Waals surface area contributed by atoms with Crippen LogP contribution in [-0.2, 0) is 5.41 Å². The van der Waals surface area contributed by atoms with Crippen molar-refractivity contribution in [3.8, 4) is 0 Å². The molecular formula is C10H12BF3. The highest BCUT2D eigenvalue weighted by Crippen LogP contribution is 2.25. The highest BCUT2D eigenvalue weighted by molar-refractivity contribution is 6.33. The number of rotatable bonds is 0. The lowest BCUT2D eigenvalue weighted by molar-refractivity contribution is 0.426. The zero-order valence-corrected chi connectivity index (χ0v) is 8.71. The smallest absolute Gasteiger partial charge is 0.194 e. The molecule has 0 heterocycles. The Labute approximate surface area is 82.5 Å². The Morgan fingerprint density at radius 1 is 1.07 bits per heavy atom. The Bertz CT molecular complexity index is 367. The lowest BCUT2D eigenvalue weighted by atomic mass is 9.77. The van der Waals surface area contributed by atoms with E-state index in [-0.39, 0.29) is 5.56 Å². The predicted molar refractivity (Wildman–Crippen MR) is 53.2 cm³/mol. The van der Waals surface area contributed by atoms with E-state index in [4.69, 9.17) is 0 Å². The van der Waals surface area contributed by atoms with Crippen molar-refractivity contribution in [3.63, 3.8) is 0 Å². The van der Waals surface area contributed by atoms with Crippen LogP contribution in [0.1, 0.15) is 26.3 Å². The molecule has 4 heteroatoms. The molecule has 0 radical (unpaired) electrons. The molecule has 0 aliphatic carbocycles. The molecule has 0 nitrogen and oxygen atoms in total. The summed E-state index contributed by atoms with van der Waals surface area (Å²) in [5.74, 6) is -3.59. The van der Waals surface area contributed by atoms with E-state index in [1.165, 1.54) is 0 Å². The van der Waals surface area contributed by atoms with Gasteiger partial charge in [-0.05, 0) is 17.0 Å². The van der Waals surface area contributed by atoms with Gasteiger partial charge in [-0.3, -0.25) is 0 Å². The minimum Gasteiger partial charge on any atom is -0.204 e. The molecule has 14 heavy (non-hydrogen) atoms. The van der Waals surface area contributed by atoms with Crippen LogP contribution in [0.5, 0.6) is 0 Å². The van der Waals surface area contributed by atoms with Gasteiger partial charge >= 0.3 is 0 Å². The summed E-state index contributed by atoms with van der Waals surface area (Å²) >= 11 is 0. The summed E-state index contributed by atoms with van der Waals surface area (Å²) in [6, 6.07) is 1.03. The van der Waals surface area contributed by atoms with Crippen LogP contribution >= 0.6 is 0 Å². The summed E-state index contributed by atoms with van der Waals surface area (Å²) in [5, 5.41) is 0. The van der Waals surface area contributed by atoms with E-state index in [0.717, 1.165) is 6.07 Å². The van der Waals surface area contributed by atoms with E-state index in [0.29, 0.717) is 5.46 Å². The molecule has 1 aromatic rings. The maximum atomic E-state index is 13.4. The largest absolute Gasteiger partial charge is 0.204 e. The Kier molecular flexibility index (Phi) is 2.66. The second-order valence-corrected chi connectivity index (χ2v) is 4.43. The first kappa shape index (κ1) is 11.2. The first-order chi connectivity index (χ1) is 6.25. The Morgan fingerprint density at radius 2 is 1.57 bits per heavy atom. The maximum absolute atomic E-state index is 13.4. The fraction of sp³-hybridized carbons (Fsp3) is 0.400. The molecule has 0 atom stereocenters. The summed E-state index contributed by atoms with van der Waals surface area (Å²) < 4.78 is 39.1. The quantitative estimate of drug-likeness (QED) is 0.441. The lowest BCUT2D eigenvalue weighted by Gasteiger charge is -2.22. The van der Waals surface area contributed by atoms with Crippen molar-refractivity contribution in [2.45, 2.75) is 26.2 Å². The van der Waals surface area contributed by atoms with Crippen LogP contribution in [0.15, 0.2) is 6.07 Å². The molecule has 0 bridgehead atoms. The summed E-state index contributed by atoms with van der Waals surface area (Å²) in [5.41, 5.74) is 0.146. The van der Waals surface area contributed by atoms with Gasteiger partial charge in [-0.15, -0.1) is 0 Å². The topological polar surface area (TPSA) is 0 Å². The van der Waals surface area contributed by atoms with Crippen molar-refractivity contribution in [3.05, 3.63) is 29.1 Å². The minimum atomic E-state index is -1.39. The summed E-state index contributed by atoms with van der Waals surface area (Å²) in [6.45, 7) is 5.28. The molecule has 1 aromatic carbocycles. The molecule has 76 valence electrons. The highest BCUT2D eigenvalue weighted by Gasteiger charge is 2.25. The van der Waals surface area contributed by atoms with Crippen LogP contribution in [0.4, 0.5) is 13.2 Å². The van der Waals surface area contributed by atoms with Gasteiger partial charge in [-0.2, -0.15) is 0 Å². The standard InChI is InChI=1S/C10H12BF3/c1-10(2,3)7-5(11)4-6(12)8(13)9(7)14/h4H,11H2,1-3H3. The van der Waals surface area contributed by atoms with Crippen molar-refractivity contribution in [2.75, 3.05) is 0 Å². The van der Waals surface area contributed by atoms with Gasteiger partial charge in [-0.1, -0.05) is 26.2 Å². The van der Waals surface area contributed by atoms with E-state index < -0.39 is 22.9 Å². The second-order valence-electron chi connectivity index (χ2n) is 4.43. The number of halogens is 3. The third-order valence-electron chi connectivity index (χ3n) is 2.11. The zero-order valence-electron chi connectivity index (χ0n) is 8.71.